The molecule has 0 heterocycles. The number of rotatable bonds is 8. The van der Waals surface area contributed by atoms with Crippen LogP contribution in [0.2, 0.25) is 0 Å². The van der Waals surface area contributed by atoms with Crippen LogP contribution in [0.4, 0.5) is 0 Å². The molecule has 0 aromatic rings. The molecule has 16 saturated carbocycles. The Labute approximate surface area is 469 Å². The van der Waals surface area contributed by atoms with Crippen LogP contribution < -0.4 is 0 Å². The summed E-state index contributed by atoms with van der Waals surface area (Å²) < 4.78 is 0. The predicted octanol–water partition coefficient (Wildman–Crippen LogP) is 19.5. The average Bonchev–Trinajstić information content (AvgIpc) is 4.21. The minimum absolute atomic E-state index is 0.932. The molecule has 0 bridgehead atoms. The van der Waals surface area contributed by atoms with Crippen LogP contribution >= 0.6 is 0 Å². The van der Waals surface area contributed by atoms with Crippen molar-refractivity contribution in [2.45, 2.75) is 332 Å². The van der Waals surface area contributed by atoms with Crippen LogP contribution in [-0.4, -0.2) is 46.1 Å². The summed E-state index contributed by atoms with van der Waals surface area (Å²) >= 11 is 0. The fourth-order valence-electron chi connectivity index (χ4n) is 29.5. The standard InChI is InChI=1S/C74H120N2/c1-7-23-47(24-8-1)67-63-46-60-59(57-39-41-65(71-55-37-21-19-27-49(55)43-61(60)69(57)71)75(51-29-11-3-12-30-51)52-31-13-4-14-32-52)45-62(63)68(48-25-9-2-10-26-48)74-64-44-50-28-20-22-38-56(50)72-66(42-40-58(70(64)72)73(67)74)76(53-33-15-5-16-34-53)54-35-17-6-18-36-54/h47-74H,1-46H2. The van der Waals surface area contributed by atoms with Crippen molar-refractivity contribution in [1.82, 2.24) is 9.80 Å². The first kappa shape index (κ1) is 51.6. The Morgan fingerprint density at radius 1 is 0.158 bits per heavy atom. The summed E-state index contributed by atoms with van der Waals surface area (Å²) in [6.45, 7) is 0. The van der Waals surface area contributed by atoms with Crippen LogP contribution in [0, 0.1) is 130 Å². The van der Waals surface area contributed by atoms with E-state index in [2.05, 4.69) is 9.80 Å². The van der Waals surface area contributed by atoms with Crippen molar-refractivity contribution >= 4 is 0 Å². The van der Waals surface area contributed by atoms with Crippen molar-refractivity contribution in [3.8, 4) is 0 Å². The summed E-state index contributed by atoms with van der Waals surface area (Å²) in [5, 5.41) is 0. The predicted molar refractivity (Wildman–Crippen MR) is 316 cm³/mol. The smallest absolute Gasteiger partial charge is 0.0135 e. The van der Waals surface area contributed by atoms with Gasteiger partial charge in [0.25, 0.3) is 0 Å². The zero-order valence-electron chi connectivity index (χ0n) is 49.6. The van der Waals surface area contributed by atoms with Gasteiger partial charge in [-0.1, -0.05) is 180 Å². The molecule has 0 aliphatic heterocycles. The molecule has 16 aliphatic carbocycles. The van der Waals surface area contributed by atoms with E-state index < -0.39 is 0 Å². The Bertz CT molecular complexity index is 1870. The molecule has 426 valence electrons. The second kappa shape index (κ2) is 22.2. The first-order chi connectivity index (χ1) is 37.8. The minimum Gasteiger partial charge on any atom is -0.294 e. The van der Waals surface area contributed by atoms with Gasteiger partial charge in [0.15, 0.2) is 0 Å². The number of nitrogens with zero attached hydrogens (tertiary/aromatic N) is 2. The van der Waals surface area contributed by atoms with E-state index in [-0.39, 0.29) is 0 Å². The maximum absolute atomic E-state index is 3.54. The van der Waals surface area contributed by atoms with Gasteiger partial charge in [-0.15, -0.1) is 0 Å². The Morgan fingerprint density at radius 3 is 0.921 bits per heavy atom. The molecule has 0 aromatic heterocycles. The highest BCUT2D eigenvalue weighted by molar-refractivity contribution is 5.20. The molecule has 2 nitrogen and oxygen atoms in total. The molecule has 16 fully saturated rings. The highest BCUT2D eigenvalue weighted by Gasteiger charge is 2.72. The zero-order valence-corrected chi connectivity index (χ0v) is 49.6. The van der Waals surface area contributed by atoms with E-state index in [1.54, 1.807) is 218 Å². The van der Waals surface area contributed by atoms with E-state index in [4.69, 9.17) is 0 Å². The normalized spacial score (nSPS) is 50.8. The lowest BCUT2D eigenvalue weighted by Gasteiger charge is -2.61. The molecule has 0 amide bonds. The van der Waals surface area contributed by atoms with Crippen molar-refractivity contribution in [2.24, 2.45) is 130 Å². The lowest BCUT2D eigenvalue weighted by molar-refractivity contribution is -0.130. The van der Waals surface area contributed by atoms with Crippen LogP contribution in [0.15, 0.2) is 0 Å². The lowest BCUT2D eigenvalue weighted by Crippen LogP contribution is -2.60. The third-order valence-corrected chi connectivity index (χ3v) is 31.2. The van der Waals surface area contributed by atoms with Gasteiger partial charge in [0.2, 0.25) is 0 Å². The van der Waals surface area contributed by atoms with Crippen molar-refractivity contribution < 1.29 is 0 Å². The third kappa shape index (κ3) is 8.75. The molecule has 16 aliphatic rings. The number of hydrogen-bond donors (Lipinski definition) is 0. The molecule has 0 aromatic carbocycles. The van der Waals surface area contributed by atoms with Crippen molar-refractivity contribution in [3.63, 3.8) is 0 Å². The largest absolute Gasteiger partial charge is 0.294 e. The average molecular weight is 1040 g/mol. The van der Waals surface area contributed by atoms with Crippen molar-refractivity contribution in [1.29, 1.82) is 0 Å². The second-order valence-electron chi connectivity index (χ2n) is 33.4. The topological polar surface area (TPSA) is 6.48 Å². The van der Waals surface area contributed by atoms with Crippen molar-refractivity contribution in [2.75, 3.05) is 0 Å². The lowest BCUT2D eigenvalue weighted by atomic mass is 9.44. The fraction of sp³-hybridized carbons (Fsp3) is 1.00. The Morgan fingerprint density at radius 2 is 0.474 bits per heavy atom. The molecule has 22 atom stereocenters. The first-order valence-electron chi connectivity index (χ1n) is 37.3. The first-order valence-corrected chi connectivity index (χ1v) is 37.3. The van der Waals surface area contributed by atoms with Gasteiger partial charge in [0.05, 0.1) is 0 Å². The van der Waals surface area contributed by atoms with Crippen LogP contribution in [0.5, 0.6) is 0 Å². The van der Waals surface area contributed by atoms with E-state index in [1.807, 2.05) is 0 Å². The van der Waals surface area contributed by atoms with Crippen LogP contribution in [-0.2, 0) is 0 Å². The molecular weight excluding hydrogens is 917 g/mol. The van der Waals surface area contributed by atoms with E-state index >= 15 is 0 Å². The second-order valence-corrected chi connectivity index (χ2v) is 33.4. The minimum atomic E-state index is 0.932. The van der Waals surface area contributed by atoms with E-state index in [0.29, 0.717) is 0 Å². The maximum atomic E-state index is 3.54. The highest BCUT2D eigenvalue weighted by atomic mass is 15.2. The molecule has 0 radical (unpaired) electrons. The molecule has 16 rings (SSSR count). The summed E-state index contributed by atoms with van der Waals surface area (Å²) in [7, 11) is 0. The summed E-state index contributed by atoms with van der Waals surface area (Å²) in [5.41, 5.74) is 0. The van der Waals surface area contributed by atoms with Gasteiger partial charge in [0, 0.05) is 36.3 Å². The Kier molecular flexibility index (Phi) is 15.0. The zero-order chi connectivity index (χ0) is 49.8. The molecule has 0 spiro atoms. The number of hydrogen-bond acceptors (Lipinski definition) is 2. The monoisotopic (exact) mass is 1040 g/mol. The van der Waals surface area contributed by atoms with Gasteiger partial charge < -0.3 is 0 Å². The summed E-state index contributed by atoms with van der Waals surface area (Å²) in [6.07, 6.45) is 73.4. The highest BCUT2D eigenvalue weighted by Crippen LogP contribution is 2.77. The fourth-order valence-corrected chi connectivity index (χ4v) is 29.5. The van der Waals surface area contributed by atoms with Gasteiger partial charge in [-0.05, 0) is 246 Å². The van der Waals surface area contributed by atoms with E-state index in [9.17, 15) is 0 Å². The maximum Gasteiger partial charge on any atom is 0.0135 e. The quantitative estimate of drug-likeness (QED) is 0.239. The molecule has 22 unspecified atom stereocenters. The third-order valence-electron chi connectivity index (χ3n) is 31.2. The van der Waals surface area contributed by atoms with Gasteiger partial charge in [-0.2, -0.15) is 0 Å². The van der Waals surface area contributed by atoms with Gasteiger partial charge in [-0.25, -0.2) is 0 Å². The molecule has 0 saturated heterocycles. The SMILES string of the molecule is C1CCC(C2C3CC4C(CC3C(C3CCCCC3)C3C5CC6CCCCC6C6C5C(CCC6N(C5CCCCC5)C5CCCCC5)C23)C2CCC(N(C3CCCCC3)C3CCCCC3)C3C5CCCCC5CC4C23)CC1. The molecule has 2 heteroatoms. The van der Waals surface area contributed by atoms with E-state index in [0.717, 1.165) is 166 Å². The van der Waals surface area contributed by atoms with Gasteiger partial charge in [-0.3, -0.25) is 9.80 Å². The Hall–Kier alpha value is -0.0800. The molecular formula is C74H120N2. The van der Waals surface area contributed by atoms with Crippen LogP contribution in [0.1, 0.15) is 295 Å². The molecule has 0 N–H and O–H groups in total. The van der Waals surface area contributed by atoms with Gasteiger partial charge in [0.1, 0.15) is 0 Å². The van der Waals surface area contributed by atoms with Crippen LogP contribution in [0.25, 0.3) is 0 Å². The summed E-state index contributed by atoms with van der Waals surface area (Å²) in [5.74, 6) is 24.2. The summed E-state index contributed by atoms with van der Waals surface area (Å²) in [6, 6.07) is 5.64. The van der Waals surface area contributed by atoms with Crippen LogP contribution in [0.3, 0.4) is 0 Å². The number of fused-ring (bicyclic) bond motifs is 11. The van der Waals surface area contributed by atoms with Crippen molar-refractivity contribution in [3.05, 3.63) is 0 Å². The molecule has 76 heavy (non-hydrogen) atoms. The summed E-state index contributed by atoms with van der Waals surface area (Å²) in [4.78, 5) is 7.05. The Balaban J connectivity index is 0.788. The van der Waals surface area contributed by atoms with E-state index in [1.165, 1.54) is 77.0 Å². The van der Waals surface area contributed by atoms with Gasteiger partial charge >= 0.3 is 0 Å².